The molecule has 0 heterocycles. The zero-order valence-corrected chi connectivity index (χ0v) is 23.2. The summed E-state index contributed by atoms with van der Waals surface area (Å²) in [6.45, 7) is 2.25. The van der Waals surface area contributed by atoms with Crippen molar-refractivity contribution in [2.75, 3.05) is 23.8 Å². The summed E-state index contributed by atoms with van der Waals surface area (Å²) in [5.74, 6) is -1.35. The summed E-state index contributed by atoms with van der Waals surface area (Å²) in [5.41, 5.74) is 3.39. The van der Waals surface area contributed by atoms with E-state index in [0.29, 0.717) is 44.5 Å². The summed E-state index contributed by atoms with van der Waals surface area (Å²) in [4.78, 5) is 36.7. The molecule has 0 spiro atoms. The Morgan fingerprint density at radius 3 is 2.47 bits per heavy atom. The van der Waals surface area contributed by atoms with Crippen LogP contribution < -0.4 is 25.5 Å². The van der Waals surface area contributed by atoms with Crippen molar-refractivity contribution in [1.29, 1.82) is 0 Å². The van der Waals surface area contributed by atoms with E-state index in [2.05, 4.69) is 37.1 Å². The van der Waals surface area contributed by atoms with E-state index in [1.54, 1.807) is 60.7 Å². The predicted molar refractivity (Wildman–Crippen MR) is 151 cm³/mol. The van der Waals surface area contributed by atoms with Crippen molar-refractivity contribution in [2.45, 2.75) is 13.3 Å². The molecule has 0 fully saturated rings. The van der Waals surface area contributed by atoms with Crippen LogP contribution in [-0.2, 0) is 14.4 Å². The van der Waals surface area contributed by atoms with E-state index >= 15 is 0 Å². The lowest BCUT2D eigenvalue weighted by Crippen LogP contribution is -2.32. The lowest BCUT2D eigenvalue weighted by molar-refractivity contribution is -0.136. The molecule has 3 aromatic carbocycles. The van der Waals surface area contributed by atoms with Gasteiger partial charge in [-0.1, -0.05) is 52.1 Å². The van der Waals surface area contributed by atoms with Crippen LogP contribution in [0.5, 0.6) is 11.5 Å². The van der Waals surface area contributed by atoms with Crippen LogP contribution in [0.1, 0.15) is 18.9 Å². The van der Waals surface area contributed by atoms with Gasteiger partial charge in [0.05, 0.1) is 28.6 Å². The molecule has 0 unspecified atom stereocenters. The van der Waals surface area contributed by atoms with Crippen molar-refractivity contribution >= 4 is 74.4 Å². The van der Waals surface area contributed by atoms with E-state index in [1.807, 2.05) is 6.92 Å². The van der Waals surface area contributed by atoms with Gasteiger partial charge in [0.2, 0.25) is 0 Å². The van der Waals surface area contributed by atoms with Gasteiger partial charge in [-0.25, -0.2) is 5.43 Å². The standard InChI is InChI=1S/C26H23BrCl2N4O5/c1-2-12-37-19-9-7-18(8-10-19)31-25(35)26(36)33-30-14-16-13-17(27)6-11-22(16)38-15-23(34)32-21-5-3-4-20(28)24(21)29/h3-11,13-14H,2,12,15H2,1H3,(H,31,35)(H,32,34)(H,33,36)/b30-14-. The molecule has 0 aliphatic rings. The number of hydrogen-bond donors (Lipinski definition) is 3. The fourth-order valence-electron chi connectivity index (χ4n) is 2.94. The van der Waals surface area contributed by atoms with Gasteiger partial charge < -0.3 is 20.1 Å². The quantitative estimate of drug-likeness (QED) is 0.154. The van der Waals surface area contributed by atoms with Gasteiger partial charge in [0.15, 0.2) is 6.61 Å². The molecule has 198 valence electrons. The van der Waals surface area contributed by atoms with Gasteiger partial charge in [-0.15, -0.1) is 0 Å². The minimum absolute atomic E-state index is 0.219. The zero-order valence-electron chi connectivity index (χ0n) is 20.1. The third kappa shape index (κ3) is 8.76. The van der Waals surface area contributed by atoms with Gasteiger partial charge in [0.1, 0.15) is 11.5 Å². The average Bonchev–Trinajstić information content (AvgIpc) is 2.90. The van der Waals surface area contributed by atoms with Crippen LogP contribution in [0.4, 0.5) is 11.4 Å². The normalized spacial score (nSPS) is 10.6. The Balaban J connectivity index is 1.55. The third-order valence-corrected chi connectivity index (χ3v) is 6.03. The number of amides is 3. The lowest BCUT2D eigenvalue weighted by Gasteiger charge is -2.11. The van der Waals surface area contributed by atoms with Crippen molar-refractivity contribution in [3.8, 4) is 11.5 Å². The van der Waals surface area contributed by atoms with E-state index in [9.17, 15) is 14.4 Å². The van der Waals surface area contributed by atoms with Crippen LogP contribution >= 0.6 is 39.1 Å². The Morgan fingerprint density at radius 2 is 1.74 bits per heavy atom. The molecule has 0 bridgehead atoms. The molecule has 3 amide bonds. The number of nitrogens with one attached hydrogen (secondary N) is 3. The van der Waals surface area contributed by atoms with Crippen molar-refractivity contribution in [3.05, 3.63) is 80.7 Å². The fourth-order valence-corrected chi connectivity index (χ4v) is 3.66. The molecule has 0 aliphatic heterocycles. The highest BCUT2D eigenvalue weighted by Crippen LogP contribution is 2.29. The highest BCUT2D eigenvalue weighted by Gasteiger charge is 2.14. The number of hydrazone groups is 1. The number of halogens is 3. The lowest BCUT2D eigenvalue weighted by atomic mass is 10.2. The number of ether oxygens (including phenoxy) is 2. The second-order valence-electron chi connectivity index (χ2n) is 7.65. The Hall–Kier alpha value is -3.60. The maximum atomic E-state index is 12.3. The van der Waals surface area contributed by atoms with Gasteiger partial charge in [-0.05, 0) is 61.0 Å². The van der Waals surface area contributed by atoms with Gasteiger partial charge in [-0.3, -0.25) is 14.4 Å². The van der Waals surface area contributed by atoms with Crippen LogP contribution in [0, 0.1) is 0 Å². The first-order chi connectivity index (χ1) is 18.3. The van der Waals surface area contributed by atoms with Crippen molar-refractivity contribution in [2.24, 2.45) is 5.10 Å². The monoisotopic (exact) mass is 620 g/mol. The summed E-state index contributed by atoms with van der Waals surface area (Å²) in [6.07, 6.45) is 2.16. The SMILES string of the molecule is CCCOc1ccc(NC(=O)C(=O)N/N=C\c2cc(Br)ccc2OCC(=O)Nc2cccc(Cl)c2Cl)cc1. The molecule has 0 saturated carbocycles. The van der Waals surface area contributed by atoms with Crippen LogP contribution in [0.25, 0.3) is 0 Å². The second kappa shape index (κ2) is 14.4. The number of hydrogen-bond acceptors (Lipinski definition) is 6. The van der Waals surface area contributed by atoms with E-state index in [0.717, 1.165) is 6.42 Å². The molecule has 0 saturated heterocycles. The van der Waals surface area contributed by atoms with E-state index in [1.165, 1.54) is 6.21 Å². The van der Waals surface area contributed by atoms with E-state index in [-0.39, 0.29) is 11.6 Å². The molecule has 0 aliphatic carbocycles. The molecule has 3 N–H and O–H groups in total. The molecule has 0 atom stereocenters. The summed E-state index contributed by atoms with van der Waals surface area (Å²) in [5, 5.41) is 9.46. The molecule has 3 rings (SSSR count). The number of carbonyl (C=O) groups excluding carboxylic acids is 3. The number of benzene rings is 3. The van der Waals surface area contributed by atoms with Gasteiger partial charge in [0.25, 0.3) is 5.91 Å². The topological polar surface area (TPSA) is 118 Å². The molecule has 0 radical (unpaired) electrons. The zero-order chi connectivity index (χ0) is 27.5. The Morgan fingerprint density at radius 1 is 0.974 bits per heavy atom. The minimum atomic E-state index is -0.970. The van der Waals surface area contributed by atoms with Gasteiger partial charge >= 0.3 is 11.8 Å². The van der Waals surface area contributed by atoms with Crippen LogP contribution in [0.15, 0.2) is 70.2 Å². The van der Waals surface area contributed by atoms with Crippen LogP contribution in [0.2, 0.25) is 10.0 Å². The van der Waals surface area contributed by atoms with Gasteiger partial charge in [0, 0.05) is 15.7 Å². The first-order valence-corrected chi connectivity index (χ1v) is 12.8. The van der Waals surface area contributed by atoms with E-state index in [4.69, 9.17) is 32.7 Å². The van der Waals surface area contributed by atoms with Gasteiger partial charge in [-0.2, -0.15) is 5.10 Å². The smallest absolute Gasteiger partial charge is 0.329 e. The maximum absolute atomic E-state index is 12.3. The fraction of sp³-hybridized carbons (Fsp3) is 0.154. The molecular weight excluding hydrogens is 599 g/mol. The maximum Gasteiger partial charge on any atom is 0.329 e. The summed E-state index contributed by atoms with van der Waals surface area (Å²) in [7, 11) is 0. The summed E-state index contributed by atoms with van der Waals surface area (Å²) >= 11 is 15.4. The Kier molecular flexibility index (Phi) is 11.0. The highest BCUT2D eigenvalue weighted by atomic mass is 79.9. The predicted octanol–water partition coefficient (Wildman–Crippen LogP) is 5.65. The van der Waals surface area contributed by atoms with Crippen molar-refractivity contribution < 1.29 is 23.9 Å². The summed E-state index contributed by atoms with van der Waals surface area (Å²) in [6, 6.07) is 16.5. The first kappa shape index (κ1) is 29.0. The molecule has 38 heavy (non-hydrogen) atoms. The molecule has 9 nitrogen and oxygen atoms in total. The van der Waals surface area contributed by atoms with Crippen molar-refractivity contribution in [1.82, 2.24) is 5.43 Å². The number of rotatable bonds is 10. The largest absolute Gasteiger partial charge is 0.494 e. The second-order valence-corrected chi connectivity index (χ2v) is 9.35. The molecular formula is C26H23BrCl2N4O5. The number of carbonyl (C=O) groups is 3. The minimum Gasteiger partial charge on any atom is -0.494 e. The molecule has 0 aromatic heterocycles. The molecule has 12 heteroatoms. The Labute approximate surface area is 237 Å². The van der Waals surface area contributed by atoms with Crippen LogP contribution in [0.3, 0.4) is 0 Å². The van der Waals surface area contributed by atoms with Crippen molar-refractivity contribution in [3.63, 3.8) is 0 Å². The number of nitrogens with zero attached hydrogens (tertiary/aromatic N) is 1. The van der Waals surface area contributed by atoms with E-state index < -0.39 is 17.7 Å². The first-order valence-electron chi connectivity index (χ1n) is 11.3. The third-order valence-electron chi connectivity index (χ3n) is 4.72. The Bertz CT molecular complexity index is 1340. The highest BCUT2D eigenvalue weighted by molar-refractivity contribution is 9.10. The summed E-state index contributed by atoms with van der Waals surface area (Å²) < 4.78 is 11.8. The average molecular weight is 622 g/mol. The van der Waals surface area contributed by atoms with Crippen LogP contribution in [-0.4, -0.2) is 37.1 Å². The molecule has 3 aromatic rings. The number of anilines is 2.